The van der Waals surface area contributed by atoms with Crippen molar-refractivity contribution in [1.82, 2.24) is 9.78 Å². The smallest absolute Gasteiger partial charge is 0.410 e. The van der Waals surface area contributed by atoms with Crippen LogP contribution < -0.4 is 10.1 Å². The summed E-state index contributed by atoms with van der Waals surface area (Å²) in [5.41, 5.74) is 0.165. The zero-order chi connectivity index (χ0) is 18.4. The number of hydrogen-bond donors (Lipinski definition) is 2. The Labute approximate surface area is 148 Å². The van der Waals surface area contributed by atoms with E-state index in [0.29, 0.717) is 16.0 Å². The Hall–Kier alpha value is -2.23. The maximum absolute atomic E-state index is 13.5. The Morgan fingerprint density at radius 1 is 1.40 bits per heavy atom. The minimum absolute atomic E-state index is 0.00698. The number of fused-ring (bicyclic) bond motifs is 1. The van der Waals surface area contributed by atoms with Crippen molar-refractivity contribution in [3.8, 4) is 5.75 Å². The number of aromatic carboxylic acids is 1. The number of halogens is 4. The number of carbonyl (C=O) groups is 1. The summed E-state index contributed by atoms with van der Waals surface area (Å²) < 4.78 is 46.2. The number of rotatable bonds is 3. The highest BCUT2D eigenvalue weighted by Crippen LogP contribution is 2.46. The first-order valence-electron chi connectivity index (χ1n) is 7.21. The largest absolute Gasteiger partial charge is 0.497 e. The summed E-state index contributed by atoms with van der Waals surface area (Å²) in [7, 11) is 1.50. The quantitative estimate of drug-likeness (QED) is 0.785. The van der Waals surface area contributed by atoms with Crippen molar-refractivity contribution in [2.75, 3.05) is 12.4 Å². The zero-order valence-electron chi connectivity index (χ0n) is 12.8. The number of ether oxygens (including phenoxy) is 1. The number of hydrogen-bond acceptors (Lipinski definition) is 4. The minimum Gasteiger partial charge on any atom is -0.497 e. The molecule has 6 nitrogen and oxygen atoms in total. The fourth-order valence-corrected chi connectivity index (χ4v) is 3.33. The van der Waals surface area contributed by atoms with Gasteiger partial charge >= 0.3 is 12.1 Å². The molecule has 2 heterocycles. The number of aromatic nitrogens is 2. The first-order valence-corrected chi connectivity index (χ1v) is 8.00. The van der Waals surface area contributed by atoms with Crippen molar-refractivity contribution in [3.05, 3.63) is 40.0 Å². The maximum Gasteiger partial charge on any atom is 0.410 e. The predicted molar refractivity (Wildman–Crippen MR) is 86.0 cm³/mol. The van der Waals surface area contributed by atoms with Gasteiger partial charge in [0.2, 0.25) is 0 Å². The van der Waals surface area contributed by atoms with E-state index < -0.39 is 29.9 Å². The van der Waals surface area contributed by atoms with Gasteiger partial charge in [-0.25, -0.2) is 9.48 Å². The number of nitrogens with one attached hydrogen (secondary N) is 1. The summed E-state index contributed by atoms with van der Waals surface area (Å²) in [5.74, 6) is -0.824. The lowest BCUT2D eigenvalue weighted by Gasteiger charge is -2.33. The monoisotopic (exact) mass is 419 g/mol. The van der Waals surface area contributed by atoms with Gasteiger partial charge in [-0.1, -0.05) is 12.1 Å². The molecule has 0 radical (unpaired) electrons. The van der Waals surface area contributed by atoms with Crippen molar-refractivity contribution in [2.24, 2.45) is 0 Å². The van der Waals surface area contributed by atoms with E-state index in [4.69, 9.17) is 9.84 Å². The number of nitrogens with zero attached hydrogens (tertiary/aromatic N) is 2. The molecule has 0 saturated heterocycles. The van der Waals surface area contributed by atoms with Gasteiger partial charge in [0.25, 0.3) is 0 Å². The molecule has 10 heteroatoms. The first-order chi connectivity index (χ1) is 11.7. The molecule has 2 atom stereocenters. The highest BCUT2D eigenvalue weighted by Gasteiger charge is 2.47. The van der Waals surface area contributed by atoms with Crippen LogP contribution in [0.1, 0.15) is 34.6 Å². The molecule has 2 aromatic rings. The van der Waals surface area contributed by atoms with E-state index in [2.05, 4.69) is 26.3 Å². The van der Waals surface area contributed by atoms with Crippen molar-refractivity contribution < 1.29 is 27.8 Å². The summed E-state index contributed by atoms with van der Waals surface area (Å²) in [6.45, 7) is 0. The van der Waals surface area contributed by atoms with Crippen molar-refractivity contribution in [2.45, 2.75) is 24.7 Å². The predicted octanol–water partition coefficient (Wildman–Crippen LogP) is 4.01. The van der Waals surface area contributed by atoms with Crippen LogP contribution in [0.25, 0.3) is 0 Å². The van der Waals surface area contributed by atoms with Crippen molar-refractivity contribution in [1.29, 1.82) is 0 Å². The molecule has 25 heavy (non-hydrogen) atoms. The van der Waals surface area contributed by atoms with Gasteiger partial charge < -0.3 is 15.2 Å². The molecule has 134 valence electrons. The number of carboxylic acids is 1. The van der Waals surface area contributed by atoms with Crippen LogP contribution in [-0.2, 0) is 0 Å². The molecule has 0 saturated carbocycles. The molecule has 0 fully saturated rings. The molecule has 1 aliphatic heterocycles. The number of anilines is 1. The van der Waals surface area contributed by atoms with Crippen LogP contribution in [-0.4, -0.2) is 34.1 Å². The standard InChI is InChI=1S/C15H13BrF3N3O3/c1-25-8-4-2-7(3-5-8)9-6-10(15(17,18)19)22-13(20-9)11(16)12(21-22)14(23)24/h2-5,9-10,20H,6H2,1H3,(H,23,24)/t9-,10-/m1/s1. The van der Waals surface area contributed by atoms with Gasteiger partial charge in [0, 0.05) is 6.42 Å². The fraction of sp³-hybridized carbons (Fsp3) is 0.333. The molecule has 0 unspecified atom stereocenters. The van der Waals surface area contributed by atoms with Gasteiger partial charge in [-0.15, -0.1) is 0 Å². The summed E-state index contributed by atoms with van der Waals surface area (Å²) in [4.78, 5) is 11.2. The Balaban J connectivity index is 2.04. The van der Waals surface area contributed by atoms with E-state index in [1.807, 2.05) is 0 Å². The van der Waals surface area contributed by atoms with Crippen molar-refractivity contribution in [3.63, 3.8) is 0 Å². The average molecular weight is 420 g/mol. The normalized spacial score (nSPS) is 19.9. The van der Waals surface area contributed by atoms with E-state index in [-0.39, 0.29) is 16.7 Å². The Kier molecular flexibility index (Phi) is 4.40. The highest BCUT2D eigenvalue weighted by atomic mass is 79.9. The molecule has 0 bridgehead atoms. The second-order valence-electron chi connectivity index (χ2n) is 5.52. The summed E-state index contributed by atoms with van der Waals surface area (Å²) in [6.07, 6.45) is -4.88. The Morgan fingerprint density at radius 3 is 2.56 bits per heavy atom. The molecule has 1 aliphatic rings. The second kappa shape index (κ2) is 6.25. The lowest BCUT2D eigenvalue weighted by molar-refractivity contribution is -0.173. The fourth-order valence-electron chi connectivity index (χ4n) is 2.78. The molecule has 0 spiro atoms. The SMILES string of the molecule is COc1ccc([C@H]2C[C@H](C(F)(F)F)n3nc(C(=O)O)c(Br)c3N2)cc1. The molecule has 3 rings (SSSR count). The van der Waals surface area contributed by atoms with Crippen LogP contribution in [0, 0.1) is 0 Å². The molecule has 1 aromatic heterocycles. The first kappa shape index (κ1) is 17.6. The number of benzene rings is 1. The molecular weight excluding hydrogens is 407 g/mol. The second-order valence-corrected chi connectivity index (χ2v) is 6.32. The third-order valence-electron chi connectivity index (χ3n) is 4.02. The summed E-state index contributed by atoms with van der Waals surface area (Å²) >= 11 is 3.04. The average Bonchev–Trinajstić information content (AvgIpc) is 2.90. The number of carboxylic acid groups (broad SMARTS) is 1. The van der Waals surface area contributed by atoms with E-state index in [9.17, 15) is 18.0 Å². The summed E-state index contributed by atoms with van der Waals surface area (Å²) in [5, 5.41) is 15.7. The highest BCUT2D eigenvalue weighted by molar-refractivity contribution is 9.10. The molecular formula is C15H13BrF3N3O3. The van der Waals surface area contributed by atoms with E-state index >= 15 is 0 Å². The zero-order valence-corrected chi connectivity index (χ0v) is 14.4. The van der Waals surface area contributed by atoms with Gasteiger partial charge in [0.1, 0.15) is 11.6 Å². The van der Waals surface area contributed by atoms with Gasteiger partial charge in [0.05, 0.1) is 17.6 Å². The van der Waals surface area contributed by atoms with Gasteiger partial charge in [-0.05, 0) is 33.6 Å². The Bertz CT molecular complexity index is 805. The number of alkyl halides is 3. The molecule has 0 amide bonds. The van der Waals surface area contributed by atoms with E-state index in [1.165, 1.54) is 7.11 Å². The van der Waals surface area contributed by atoms with Crippen LogP contribution in [0.15, 0.2) is 28.7 Å². The lowest BCUT2D eigenvalue weighted by atomic mass is 9.97. The van der Waals surface area contributed by atoms with Crippen LogP contribution in [0.2, 0.25) is 0 Å². The lowest BCUT2D eigenvalue weighted by Crippen LogP contribution is -2.35. The summed E-state index contributed by atoms with van der Waals surface area (Å²) in [6, 6.07) is 4.07. The maximum atomic E-state index is 13.5. The van der Waals surface area contributed by atoms with Gasteiger partial charge in [-0.3, -0.25) is 0 Å². The minimum atomic E-state index is -4.57. The van der Waals surface area contributed by atoms with Crippen molar-refractivity contribution >= 4 is 27.7 Å². The Morgan fingerprint density at radius 2 is 2.04 bits per heavy atom. The van der Waals surface area contributed by atoms with Crippen LogP contribution in [0.4, 0.5) is 19.0 Å². The third kappa shape index (κ3) is 3.17. The van der Waals surface area contributed by atoms with Crippen LogP contribution >= 0.6 is 15.9 Å². The van der Waals surface area contributed by atoms with Crippen LogP contribution in [0.3, 0.4) is 0 Å². The molecule has 0 aliphatic carbocycles. The third-order valence-corrected chi connectivity index (χ3v) is 4.77. The molecule has 1 aromatic carbocycles. The van der Waals surface area contributed by atoms with Crippen LogP contribution in [0.5, 0.6) is 5.75 Å². The van der Waals surface area contributed by atoms with E-state index in [1.54, 1.807) is 24.3 Å². The van der Waals surface area contributed by atoms with Gasteiger partial charge in [-0.2, -0.15) is 18.3 Å². The topological polar surface area (TPSA) is 76.4 Å². The van der Waals surface area contributed by atoms with Gasteiger partial charge in [0.15, 0.2) is 11.7 Å². The molecule has 2 N–H and O–H groups in total. The number of methoxy groups -OCH3 is 1. The van der Waals surface area contributed by atoms with E-state index in [0.717, 1.165) is 0 Å².